The van der Waals surface area contributed by atoms with Gasteiger partial charge < -0.3 is 14.1 Å². The number of nitrogens with zero attached hydrogens (tertiary/aromatic N) is 3. The summed E-state index contributed by atoms with van der Waals surface area (Å²) >= 11 is 5.21. The van der Waals surface area contributed by atoms with E-state index >= 15 is 0 Å². The molecule has 10 heteroatoms. The highest BCUT2D eigenvalue weighted by Gasteiger charge is 2.37. The first-order chi connectivity index (χ1) is 13.3. The van der Waals surface area contributed by atoms with Gasteiger partial charge in [0.1, 0.15) is 23.8 Å². The molecule has 3 rings (SSSR count). The van der Waals surface area contributed by atoms with Gasteiger partial charge in [-0.2, -0.15) is 0 Å². The van der Waals surface area contributed by atoms with Crippen LogP contribution in [0.1, 0.15) is 5.76 Å². The zero-order valence-corrected chi connectivity index (χ0v) is 15.8. The van der Waals surface area contributed by atoms with E-state index in [2.05, 4.69) is 4.74 Å². The van der Waals surface area contributed by atoms with Gasteiger partial charge >= 0.3 is 5.97 Å². The maximum atomic E-state index is 12.4. The predicted octanol–water partition coefficient (Wildman–Crippen LogP) is 2.43. The van der Waals surface area contributed by atoms with Crippen LogP contribution in [-0.2, 0) is 14.3 Å². The summed E-state index contributed by atoms with van der Waals surface area (Å²) < 4.78 is 10.4. The molecule has 1 aromatic carbocycles. The normalized spacial score (nSPS) is 15.4. The molecular weight excluding hydrogens is 386 g/mol. The minimum Gasteiger partial charge on any atom is -0.468 e. The molecule has 144 valence electrons. The SMILES string of the molecule is COC(=O)CN1C(=S)N(C)C(=O)/C1=C/c1ccc(-c2ccc([N+](=O)[O-])cc2)o1. The maximum Gasteiger partial charge on any atom is 0.325 e. The van der Waals surface area contributed by atoms with E-state index in [0.717, 1.165) is 0 Å². The van der Waals surface area contributed by atoms with Crippen LogP contribution in [0.15, 0.2) is 46.5 Å². The minimum absolute atomic E-state index is 0.0239. The molecule has 28 heavy (non-hydrogen) atoms. The highest BCUT2D eigenvalue weighted by Crippen LogP contribution is 2.27. The maximum absolute atomic E-state index is 12.4. The molecule has 0 bridgehead atoms. The molecule has 0 N–H and O–H groups in total. The van der Waals surface area contributed by atoms with Crippen LogP contribution in [0.3, 0.4) is 0 Å². The molecule has 0 spiro atoms. The number of non-ortho nitro benzene ring substituents is 1. The van der Waals surface area contributed by atoms with Crippen molar-refractivity contribution in [3.05, 3.63) is 58.0 Å². The Morgan fingerprint density at radius 3 is 2.57 bits per heavy atom. The standard InChI is InChI=1S/C18H15N3O6S/c1-19-17(23)14(20(18(19)28)10-16(22)26-2)9-13-7-8-15(27-13)11-3-5-12(6-4-11)21(24)25/h3-9H,10H2,1-2H3/b14-9-. The van der Waals surface area contributed by atoms with Gasteiger partial charge in [0.05, 0.1) is 12.0 Å². The van der Waals surface area contributed by atoms with Crippen molar-refractivity contribution in [3.8, 4) is 11.3 Å². The Kier molecular flexibility index (Phi) is 5.23. The summed E-state index contributed by atoms with van der Waals surface area (Å²) in [5.74, 6) is -0.0723. The van der Waals surface area contributed by atoms with Crippen LogP contribution in [0.25, 0.3) is 17.4 Å². The third-order valence-electron chi connectivity index (χ3n) is 4.12. The van der Waals surface area contributed by atoms with Gasteiger partial charge in [0.25, 0.3) is 11.6 Å². The van der Waals surface area contributed by atoms with Gasteiger partial charge in [-0.1, -0.05) is 0 Å². The molecule has 2 heterocycles. The van der Waals surface area contributed by atoms with Gasteiger partial charge in [0, 0.05) is 30.8 Å². The minimum atomic E-state index is -0.539. The number of hydrogen-bond acceptors (Lipinski definition) is 7. The summed E-state index contributed by atoms with van der Waals surface area (Å²) in [6.45, 7) is -0.201. The number of rotatable bonds is 5. The van der Waals surface area contributed by atoms with Gasteiger partial charge in [-0.05, 0) is 36.5 Å². The van der Waals surface area contributed by atoms with Crippen LogP contribution >= 0.6 is 12.2 Å². The number of furan rings is 1. The van der Waals surface area contributed by atoms with Crippen LogP contribution in [0.5, 0.6) is 0 Å². The van der Waals surface area contributed by atoms with Gasteiger partial charge in [-0.25, -0.2) is 0 Å². The van der Waals surface area contributed by atoms with Crippen molar-refractivity contribution < 1.29 is 23.7 Å². The number of nitro benzene ring substituents is 1. The summed E-state index contributed by atoms with van der Waals surface area (Å²) in [6.07, 6.45) is 1.48. The first-order valence-corrected chi connectivity index (χ1v) is 8.45. The topological polar surface area (TPSA) is 106 Å². The monoisotopic (exact) mass is 401 g/mol. The number of likely N-dealkylation sites (N-methyl/N-ethyl adjacent to an activating group) is 1. The molecule has 0 saturated carbocycles. The summed E-state index contributed by atoms with van der Waals surface area (Å²) in [4.78, 5) is 37.0. The van der Waals surface area contributed by atoms with Crippen molar-refractivity contribution in [2.45, 2.75) is 0 Å². The lowest BCUT2D eigenvalue weighted by molar-refractivity contribution is -0.384. The Morgan fingerprint density at radius 2 is 1.96 bits per heavy atom. The van der Waals surface area contributed by atoms with Crippen molar-refractivity contribution >= 4 is 41.0 Å². The van der Waals surface area contributed by atoms with E-state index in [1.165, 1.54) is 42.2 Å². The fourth-order valence-corrected chi connectivity index (χ4v) is 2.86. The van der Waals surface area contributed by atoms with E-state index in [0.29, 0.717) is 17.1 Å². The number of ether oxygens (including phenoxy) is 1. The van der Waals surface area contributed by atoms with E-state index in [9.17, 15) is 19.7 Å². The number of carbonyl (C=O) groups is 2. The molecule has 1 aromatic heterocycles. The number of nitro groups is 1. The first kappa shape index (κ1) is 19.2. The molecule has 1 amide bonds. The van der Waals surface area contributed by atoms with Crippen LogP contribution in [0.2, 0.25) is 0 Å². The van der Waals surface area contributed by atoms with Crippen LogP contribution in [0.4, 0.5) is 5.69 Å². The molecule has 1 aliphatic heterocycles. The highest BCUT2D eigenvalue weighted by atomic mass is 32.1. The zero-order valence-electron chi connectivity index (χ0n) is 14.9. The second kappa shape index (κ2) is 7.61. The third-order valence-corrected chi connectivity index (χ3v) is 4.61. The van der Waals surface area contributed by atoms with Crippen molar-refractivity contribution in [2.24, 2.45) is 0 Å². The van der Waals surface area contributed by atoms with Crippen LogP contribution in [0, 0.1) is 10.1 Å². The van der Waals surface area contributed by atoms with Crippen molar-refractivity contribution in [2.75, 3.05) is 20.7 Å². The molecule has 1 fully saturated rings. The molecule has 1 aliphatic rings. The quantitative estimate of drug-likeness (QED) is 0.247. The van der Waals surface area contributed by atoms with Gasteiger partial charge in [-0.3, -0.25) is 24.6 Å². The lowest BCUT2D eigenvalue weighted by Gasteiger charge is -2.16. The van der Waals surface area contributed by atoms with Crippen molar-refractivity contribution in [1.29, 1.82) is 0 Å². The first-order valence-electron chi connectivity index (χ1n) is 8.04. The van der Waals surface area contributed by atoms with E-state index < -0.39 is 10.9 Å². The number of esters is 1. The molecule has 1 saturated heterocycles. The Balaban J connectivity index is 1.89. The van der Waals surface area contributed by atoms with Gasteiger partial charge in [-0.15, -0.1) is 0 Å². The number of methoxy groups -OCH3 is 1. The lowest BCUT2D eigenvalue weighted by atomic mass is 10.1. The second-order valence-electron chi connectivity index (χ2n) is 5.84. The Morgan fingerprint density at radius 1 is 1.29 bits per heavy atom. The molecular formula is C18H15N3O6S. The van der Waals surface area contributed by atoms with E-state index in [1.54, 1.807) is 24.3 Å². The summed E-state index contributed by atoms with van der Waals surface area (Å²) in [5, 5.41) is 10.9. The van der Waals surface area contributed by atoms with E-state index in [1.807, 2.05) is 0 Å². The fraction of sp³-hybridized carbons (Fsp3) is 0.167. The van der Waals surface area contributed by atoms with E-state index in [-0.39, 0.29) is 28.9 Å². The molecule has 0 unspecified atom stereocenters. The van der Waals surface area contributed by atoms with Crippen molar-refractivity contribution in [1.82, 2.24) is 9.80 Å². The molecule has 9 nitrogen and oxygen atoms in total. The Labute approximate surface area is 164 Å². The summed E-state index contributed by atoms with van der Waals surface area (Å²) in [5.41, 5.74) is 0.804. The Bertz CT molecular complexity index is 995. The van der Waals surface area contributed by atoms with Gasteiger partial charge in [0.2, 0.25) is 0 Å². The smallest absolute Gasteiger partial charge is 0.325 e. The summed E-state index contributed by atoms with van der Waals surface area (Å²) in [6, 6.07) is 9.22. The molecule has 2 aromatic rings. The van der Waals surface area contributed by atoms with Gasteiger partial charge in [0.15, 0.2) is 5.11 Å². The molecule has 0 atom stereocenters. The largest absolute Gasteiger partial charge is 0.468 e. The number of hydrogen-bond donors (Lipinski definition) is 0. The molecule has 0 radical (unpaired) electrons. The zero-order chi connectivity index (χ0) is 20.4. The lowest BCUT2D eigenvalue weighted by Crippen LogP contribution is -2.33. The Hall–Kier alpha value is -3.53. The second-order valence-corrected chi connectivity index (χ2v) is 6.21. The average Bonchev–Trinajstić information content (AvgIpc) is 3.23. The van der Waals surface area contributed by atoms with E-state index in [4.69, 9.17) is 16.6 Å². The average molecular weight is 401 g/mol. The van der Waals surface area contributed by atoms with Crippen LogP contribution in [-0.4, -0.2) is 52.4 Å². The number of carbonyl (C=O) groups excluding carboxylic acids is 2. The highest BCUT2D eigenvalue weighted by molar-refractivity contribution is 7.80. The molecule has 0 aliphatic carbocycles. The summed E-state index contributed by atoms with van der Waals surface area (Å²) in [7, 11) is 2.76. The third kappa shape index (κ3) is 3.62. The number of thiocarbonyl (C=S) groups is 1. The number of benzene rings is 1. The number of amides is 1. The van der Waals surface area contributed by atoms with Crippen molar-refractivity contribution in [3.63, 3.8) is 0 Å². The van der Waals surface area contributed by atoms with Crippen LogP contribution < -0.4 is 0 Å². The predicted molar refractivity (Wildman–Crippen MR) is 103 cm³/mol. The fourth-order valence-electron chi connectivity index (χ4n) is 2.61.